The highest BCUT2D eigenvalue weighted by Crippen LogP contribution is 2.17. The molecule has 2 rings (SSSR count). The lowest BCUT2D eigenvalue weighted by Crippen LogP contribution is -2.39. The van der Waals surface area contributed by atoms with E-state index >= 15 is 0 Å². The minimum Gasteiger partial charge on any atom is -0.494 e. The molecule has 0 saturated carbocycles. The summed E-state index contributed by atoms with van der Waals surface area (Å²) in [5.74, 6) is 0.346. The number of carbonyl (C=O) groups excluding carboxylic acids is 1. The lowest BCUT2D eigenvalue weighted by Gasteiger charge is -2.20. The fourth-order valence-corrected chi connectivity index (χ4v) is 3.28. The number of ether oxygens (including phenoxy) is 1. The van der Waals surface area contributed by atoms with Crippen LogP contribution < -0.4 is 10.1 Å². The first-order chi connectivity index (χ1) is 12.8. The van der Waals surface area contributed by atoms with Crippen LogP contribution in [-0.2, 0) is 27.9 Å². The predicted molar refractivity (Wildman–Crippen MR) is 106 cm³/mol. The number of hydrogen-bond acceptors (Lipinski definition) is 4. The van der Waals surface area contributed by atoms with E-state index < -0.39 is 10.0 Å². The predicted octanol–water partition coefficient (Wildman–Crippen LogP) is 2.47. The van der Waals surface area contributed by atoms with Gasteiger partial charge in [-0.05, 0) is 25.5 Å². The van der Waals surface area contributed by atoms with E-state index in [1.807, 2.05) is 62.4 Å². The number of benzene rings is 2. The van der Waals surface area contributed by atoms with Gasteiger partial charge in [0.2, 0.25) is 15.9 Å². The van der Waals surface area contributed by atoms with Crippen molar-refractivity contribution < 1.29 is 17.9 Å². The Bertz CT molecular complexity index is 864. The maximum Gasteiger partial charge on any atom is 0.235 e. The summed E-state index contributed by atoms with van der Waals surface area (Å²) in [5.41, 5.74) is 2.77. The van der Waals surface area contributed by atoms with Crippen LogP contribution in [0.2, 0.25) is 0 Å². The monoisotopic (exact) mass is 390 g/mol. The zero-order valence-electron chi connectivity index (χ0n) is 15.9. The van der Waals surface area contributed by atoms with Crippen LogP contribution in [0.1, 0.15) is 23.6 Å². The van der Waals surface area contributed by atoms with Crippen molar-refractivity contribution in [2.45, 2.75) is 26.9 Å². The van der Waals surface area contributed by atoms with Gasteiger partial charge in [0.15, 0.2) is 0 Å². The van der Waals surface area contributed by atoms with Crippen molar-refractivity contribution in [3.8, 4) is 5.75 Å². The minimum absolute atomic E-state index is 0.155. The molecule has 0 heterocycles. The Morgan fingerprint density at radius 3 is 2.41 bits per heavy atom. The van der Waals surface area contributed by atoms with Crippen LogP contribution >= 0.6 is 0 Å². The van der Waals surface area contributed by atoms with Gasteiger partial charge < -0.3 is 10.1 Å². The quantitative estimate of drug-likeness (QED) is 0.714. The Kier molecular flexibility index (Phi) is 7.38. The summed E-state index contributed by atoms with van der Waals surface area (Å²) in [7, 11) is -3.52. The molecule has 27 heavy (non-hydrogen) atoms. The van der Waals surface area contributed by atoms with Gasteiger partial charge in [0, 0.05) is 18.7 Å². The maximum absolute atomic E-state index is 12.3. The Hall–Kier alpha value is -2.38. The molecule has 0 aliphatic heterocycles. The highest BCUT2D eigenvalue weighted by Gasteiger charge is 2.20. The van der Waals surface area contributed by atoms with Gasteiger partial charge >= 0.3 is 0 Å². The van der Waals surface area contributed by atoms with Crippen LogP contribution in [-0.4, -0.2) is 38.0 Å². The van der Waals surface area contributed by atoms with Crippen molar-refractivity contribution in [2.75, 3.05) is 19.4 Å². The molecule has 0 radical (unpaired) electrons. The average Bonchev–Trinajstić information content (AvgIpc) is 2.62. The molecular weight excluding hydrogens is 364 g/mol. The molecule has 0 unspecified atom stereocenters. The first-order valence-electron chi connectivity index (χ1n) is 8.77. The van der Waals surface area contributed by atoms with Crippen LogP contribution in [0, 0.1) is 6.92 Å². The number of nitrogens with one attached hydrogen (secondary N) is 1. The van der Waals surface area contributed by atoms with E-state index in [0.29, 0.717) is 12.4 Å². The summed E-state index contributed by atoms with van der Waals surface area (Å²) in [4.78, 5) is 12.3. The SMILES string of the molecule is CCOc1ccccc1CNC(=O)CN(Cc1ccc(C)cc1)S(C)(=O)=O. The smallest absolute Gasteiger partial charge is 0.235 e. The van der Waals surface area contributed by atoms with E-state index in [-0.39, 0.29) is 25.5 Å². The van der Waals surface area contributed by atoms with Crippen LogP contribution in [0.5, 0.6) is 5.75 Å². The molecule has 1 amide bonds. The molecule has 0 spiro atoms. The molecule has 0 aliphatic rings. The second-order valence-corrected chi connectivity index (χ2v) is 8.32. The number of sulfonamides is 1. The van der Waals surface area contributed by atoms with E-state index in [4.69, 9.17) is 4.74 Å². The van der Waals surface area contributed by atoms with Crippen molar-refractivity contribution in [3.05, 3.63) is 65.2 Å². The zero-order valence-corrected chi connectivity index (χ0v) is 16.8. The molecule has 0 aliphatic carbocycles. The normalized spacial score (nSPS) is 11.4. The molecule has 0 bridgehead atoms. The van der Waals surface area contributed by atoms with Crippen LogP contribution in [0.25, 0.3) is 0 Å². The van der Waals surface area contributed by atoms with E-state index in [1.54, 1.807) is 0 Å². The molecule has 0 saturated heterocycles. The van der Waals surface area contributed by atoms with Crippen molar-refractivity contribution in [3.63, 3.8) is 0 Å². The molecule has 2 aromatic rings. The third kappa shape index (κ3) is 6.69. The zero-order chi connectivity index (χ0) is 19.9. The van der Waals surface area contributed by atoms with Crippen molar-refractivity contribution in [1.29, 1.82) is 0 Å². The van der Waals surface area contributed by atoms with Gasteiger partial charge in [0.05, 0.1) is 19.4 Å². The molecule has 0 fully saturated rings. The summed E-state index contributed by atoms with van der Waals surface area (Å²) >= 11 is 0. The second-order valence-electron chi connectivity index (χ2n) is 6.33. The van der Waals surface area contributed by atoms with Gasteiger partial charge in [-0.2, -0.15) is 4.31 Å². The van der Waals surface area contributed by atoms with Gasteiger partial charge in [-0.25, -0.2) is 8.42 Å². The Labute approximate surface area is 161 Å². The van der Waals surface area contributed by atoms with E-state index in [0.717, 1.165) is 22.9 Å². The molecule has 146 valence electrons. The number of carbonyl (C=O) groups is 1. The van der Waals surface area contributed by atoms with Crippen LogP contribution in [0.15, 0.2) is 48.5 Å². The first-order valence-corrected chi connectivity index (χ1v) is 10.6. The molecule has 0 atom stereocenters. The number of hydrogen-bond donors (Lipinski definition) is 1. The summed E-state index contributed by atoms with van der Waals surface area (Å²) in [6.45, 7) is 4.59. The van der Waals surface area contributed by atoms with Crippen molar-refractivity contribution in [1.82, 2.24) is 9.62 Å². The average molecular weight is 391 g/mol. The van der Waals surface area contributed by atoms with Gasteiger partial charge in [0.1, 0.15) is 5.75 Å². The lowest BCUT2D eigenvalue weighted by molar-refractivity contribution is -0.121. The lowest BCUT2D eigenvalue weighted by atomic mass is 10.1. The van der Waals surface area contributed by atoms with E-state index in [2.05, 4.69) is 5.32 Å². The summed E-state index contributed by atoms with van der Waals surface area (Å²) in [6.07, 6.45) is 1.11. The maximum atomic E-state index is 12.3. The number of amides is 1. The third-order valence-electron chi connectivity index (χ3n) is 4.02. The van der Waals surface area contributed by atoms with Crippen LogP contribution in [0.4, 0.5) is 0 Å². The Balaban J connectivity index is 2.01. The van der Waals surface area contributed by atoms with Gasteiger partial charge in [-0.15, -0.1) is 0 Å². The largest absolute Gasteiger partial charge is 0.494 e. The molecule has 1 N–H and O–H groups in total. The summed E-state index contributed by atoms with van der Waals surface area (Å²) in [6, 6.07) is 15.0. The Morgan fingerprint density at radius 2 is 1.78 bits per heavy atom. The fraction of sp³-hybridized carbons (Fsp3) is 0.350. The summed E-state index contributed by atoms with van der Waals surface area (Å²) in [5, 5.41) is 2.77. The molecule has 2 aromatic carbocycles. The van der Waals surface area contributed by atoms with E-state index in [1.165, 1.54) is 4.31 Å². The number of rotatable bonds is 9. The van der Waals surface area contributed by atoms with Crippen LogP contribution in [0.3, 0.4) is 0 Å². The summed E-state index contributed by atoms with van der Waals surface area (Å²) < 4.78 is 30.9. The second kappa shape index (κ2) is 9.53. The topological polar surface area (TPSA) is 75.7 Å². The molecule has 6 nitrogen and oxygen atoms in total. The first kappa shape index (κ1) is 20.9. The van der Waals surface area contributed by atoms with Gasteiger partial charge in [-0.1, -0.05) is 48.0 Å². The third-order valence-corrected chi connectivity index (χ3v) is 5.21. The van der Waals surface area contributed by atoms with Gasteiger partial charge in [-0.3, -0.25) is 4.79 Å². The van der Waals surface area contributed by atoms with Gasteiger partial charge in [0.25, 0.3) is 0 Å². The Morgan fingerprint density at radius 1 is 1.11 bits per heavy atom. The minimum atomic E-state index is -3.52. The fourth-order valence-electron chi connectivity index (χ4n) is 2.54. The highest BCUT2D eigenvalue weighted by molar-refractivity contribution is 7.88. The van der Waals surface area contributed by atoms with E-state index in [9.17, 15) is 13.2 Å². The standard InChI is InChI=1S/C20H26N2O4S/c1-4-26-19-8-6-5-7-18(19)13-21-20(23)15-22(27(3,24)25)14-17-11-9-16(2)10-12-17/h5-12H,4,13-15H2,1-3H3,(H,21,23). The number of aryl methyl sites for hydroxylation is 1. The number of para-hydroxylation sites is 1. The highest BCUT2D eigenvalue weighted by atomic mass is 32.2. The molecular formula is C20H26N2O4S. The van der Waals surface area contributed by atoms with Crippen molar-refractivity contribution in [2.24, 2.45) is 0 Å². The van der Waals surface area contributed by atoms with Crippen molar-refractivity contribution >= 4 is 15.9 Å². The molecule has 7 heteroatoms. The number of nitrogens with zero attached hydrogens (tertiary/aromatic N) is 1. The molecule has 0 aromatic heterocycles.